The fraction of sp³-hybridized carbons (Fsp3) is 0.227. The first-order valence-electron chi connectivity index (χ1n) is 9.19. The first kappa shape index (κ1) is 17.5. The standard InChI is InChI=1S/C22H21FN2O2/c23-19-8-3-7-17(13-19)22(26)24-14-20(21-9-4-12-27-21)25-11-10-16-5-1-2-6-18(16)15-25/h1-9,12-13,20H,10-11,14-15H2,(H,24,26)/p+1/t20-/m1/s1. The molecule has 0 aliphatic carbocycles. The van der Waals surface area contributed by atoms with Gasteiger partial charge in [-0.05, 0) is 35.9 Å². The van der Waals surface area contributed by atoms with Gasteiger partial charge in [-0.25, -0.2) is 4.39 Å². The molecule has 1 aromatic heterocycles. The zero-order chi connectivity index (χ0) is 18.6. The van der Waals surface area contributed by atoms with Crippen LogP contribution < -0.4 is 10.2 Å². The molecule has 1 amide bonds. The van der Waals surface area contributed by atoms with Crippen LogP contribution in [-0.2, 0) is 13.0 Å². The Morgan fingerprint density at radius 2 is 1.96 bits per heavy atom. The Balaban J connectivity index is 1.50. The molecule has 0 saturated carbocycles. The molecule has 2 heterocycles. The summed E-state index contributed by atoms with van der Waals surface area (Å²) in [7, 11) is 0. The third-order valence-electron chi connectivity index (χ3n) is 5.18. The predicted molar refractivity (Wildman–Crippen MR) is 99.9 cm³/mol. The maximum absolute atomic E-state index is 13.4. The van der Waals surface area contributed by atoms with Crippen molar-refractivity contribution < 1.29 is 18.5 Å². The molecule has 0 bridgehead atoms. The van der Waals surface area contributed by atoms with Crippen molar-refractivity contribution in [2.45, 2.75) is 19.0 Å². The second-order valence-corrected chi connectivity index (χ2v) is 6.89. The number of amides is 1. The summed E-state index contributed by atoms with van der Waals surface area (Å²) in [5.41, 5.74) is 3.06. The molecule has 5 heteroatoms. The highest BCUT2D eigenvalue weighted by Crippen LogP contribution is 2.16. The summed E-state index contributed by atoms with van der Waals surface area (Å²) in [5.74, 6) is 0.162. The Morgan fingerprint density at radius 1 is 1.11 bits per heavy atom. The van der Waals surface area contributed by atoms with Gasteiger partial charge in [0.1, 0.15) is 12.4 Å². The van der Waals surface area contributed by atoms with Crippen molar-refractivity contribution in [3.05, 3.63) is 95.2 Å². The van der Waals surface area contributed by atoms with Gasteiger partial charge >= 0.3 is 0 Å². The first-order chi connectivity index (χ1) is 13.2. The molecule has 0 radical (unpaired) electrons. The number of fused-ring (bicyclic) bond motifs is 1. The zero-order valence-corrected chi connectivity index (χ0v) is 15.0. The van der Waals surface area contributed by atoms with Gasteiger partial charge in [0.05, 0.1) is 19.4 Å². The molecule has 0 spiro atoms. The van der Waals surface area contributed by atoms with Gasteiger partial charge in [0.15, 0.2) is 11.8 Å². The van der Waals surface area contributed by atoms with Crippen LogP contribution in [0.1, 0.15) is 33.3 Å². The van der Waals surface area contributed by atoms with Gasteiger partial charge < -0.3 is 14.6 Å². The number of hydrogen-bond donors (Lipinski definition) is 2. The molecule has 4 rings (SSSR count). The number of carbonyl (C=O) groups excluding carboxylic acids is 1. The fourth-order valence-electron chi connectivity index (χ4n) is 3.76. The minimum Gasteiger partial charge on any atom is -0.463 e. The normalized spacial score (nSPS) is 17.1. The second kappa shape index (κ2) is 7.76. The summed E-state index contributed by atoms with van der Waals surface area (Å²) in [6.45, 7) is 2.29. The van der Waals surface area contributed by atoms with E-state index in [-0.39, 0.29) is 11.9 Å². The fourth-order valence-corrected chi connectivity index (χ4v) is 3.76. The summed E-state index contributed by atoms with van der Waals surface area (Å²) in [5, 5.41) is 2.95. The molecule has 1 aliphatic rings. The highest BCUT2D eigenvalue weighted by Gasteiger charge is 2.30. The van der Waals surface area contributed by atoms with Crippen molar-refractivity contribution in [1.82, 2.24) is 5.32 Å². The van der Waals surface area contributed by atoms with Crippen LogP contribution in [0.4, 0.5) is 4.39 Å². The van der Waals surface area contributed by atoms with E-state index in [0.29, 0.717) is 12.1 Å². The van der Waals surface area contributed by atoms with Crippen molar-refractivity contribution in [3.63, 3.8) is 0 Å². The zero-order valence-electron chi connectivity index (χ0n) is 15.0. The van der Waals surface area contributed by atoms with Crippen molar-refractivity contribution >= 4 is 5.91 Å². The number of hydrogen-bond acceptors (Lipinski definition) is 2. The number of benzene rings is 2. The van der Waals surface area contributed by atoms with Gasteiger partial charge in [0.25, 0.3) is 5.91 Å². The summed E-state index contributed by atoms with van der Waals surface area (Å²) in [6.07, 6.45) is 2.66. The Morgan fingerprint density at radius 3 is 2.74 bits per heavy atom. The van der Waals surface area contributed by atoms with Crippen LogP contribution in [0.5, 0.6) is 0 Å². The molecule has 2 N–H and O–H groups in total. The van der Waals surface area contributed by atoms with E-state index in [9.17, 15) is 9.18 Å². The lowest BCUT2D eigenvalue weighted by atomic mass is 9.98. The van der Waals surface area contributed by atoms with E-state index in [1.54, 1.807) is 18.4 Å². The van der Waals surface area contributed by atoms with Gasteiger partial charge in [0.2, 0.25) is 0 Å². The molecule has 3 aromatic rings. The van der Waals surface area contributed by atoms with Gasteiger partial charge in [-0.15, -0.1) is 0 Å². The molecule has 2 atom stereocenters. The number of nitrogens with one attached hydrogen (secondary N) is 2. The predicted octanol–water partition coefficient (Wildman–Crippen LogP) is 2.53. The maximum atomic E-state index is 13.4. The van der Waals surface area contributed by atoms with Crippen LogP contribution in [0.3, 0.4) is 0 Å². The third kappa shape index (κ3) is 3.93. The van der Waals surface area contributed by atoms with Crippen LogP contribution >= 0.6 is 0 Å². The number of carbonyl (C=O) groups is 1. The first-order valence-corrected chi connectivity index (χ1v) is 9.19. The van der Waals surface area contributed by atoms with Crippen LogP contribution in [0.15, 0.2) is 71.3 Å². The summed E-state index contributed by atoms with van der Waals surface area (Å²) in [6, 6.07) is 18.1. The van der Waals surface area contributed by atoms with E-state index in [2.05, 4.69) is 29.6 Å². The molecule has 27 heavy (non-hydrogen) atoms. The summed E-state index contributed by atoms with van der Waals surface area (Å²) < 4.78 is 19.0. The van der Waals surface area contributed by atoms with E-state index in [1.807, 2.05) is 12.1 Å². The molecule has 1 aliphatic heterocycles. The highest BCUT2D eigenvalue weighted by molar-refractivity contribution is 5.94. The maximum Gasteiger partial charge on any atom is 0.251 e. The average molecular weight is 365 g/mol. The quantitative estimate of drug-likeness (QED) is 0.730. The van der Waals surface area contributed by atoms with E-state index in [1.165, 1.54) is 28.2 Å². The summed E-state index contributed by atoms with van der Waals surface area (Å²) in [4.78, 5) is 13.8. The molecule has 0 saturated heterocycles. The lowest BCUT2D eigenvalue weighted by molar-refractivity contribution is -0.946. The van der Waals surface area contributed by atoms with E-state index in [0.717, 1.165) is 25.3 Å². The number of quaternary nitrogens is 1. The smallest absolute Gasteiger partial charge is 0.251 e. The van der Waals surface area contributed by atoms with Crippen LogP contribution in [0.2, 0.25) is 0 Å². The Hall–Kier alpha value is -2.92. The number of halogens is 1. The number of furan rings is 1. The molecular formula is C22H22FN2O2+. The minimum absolute atomic E-state index is 0.00543. The van der Waals surface area contributed by atoms with Crippen molar-refractivity contribution in [3.8, 4) is 0 Å². The van der Waals surface area contributed by atoms with Crippen LogP contribution in [0, 0.1) is 5.82 Å². The molecule has 2 aromatic carbocycles. The van der Waals surface area contributed by atoms with Crippen molar-refractivity contribution in [1.29, 1.82) is 0 Å². The van der Waals surface area contributed by atoms with E-state index < -0.39 is 5.82 Å². The van der Waals surface area contributed by atoms with Gasteiger partial charge in [-0.3, -0.25) is 4.79 Å². The van der Waals surface area contributed by atoms with E-state index >= 15 is 0 Å². The SMILES string of the molecule is O=C(NC[C@H](c1ccco1)[NH+]1CCc2ccccc2C1)c1cccc(F)c1. The molecule has 1 unspecified atom stereocenters. The third-order valence-corrected chi connectivity index (χ3v) is 5.18. The van der Waals surface area contributed by atoms with Crippen LogP contribution in [-0.4, -0.2) is 19.0 Å². The van der Waals surface area contributed by atoms with Gasteiger partial charge in [-0.2, -0.15) is 0 Å². The Bertz CT molecular complexity index is 924. The Kier molecular flexibility index (Phi) is 5.03. The van der Waals surface area contributed by atoms with E-state index in [4.69, 9.17) is 4.42 Å². The minimum atomic E-state index is -0.413. The Labute approximate surface area is 157 Å². The van der Waals surface area contributed by atoms with Gasteiger partial charge in [0, 0.05) is 17.5 Å². The largest absolute Gasteiger partial charge is 0.463 e. The highest BCUT2D eigenvalue weighted by atomic mass is 19.1. The second-order valence-electron chi connectivity index (χ2n) is 6.89. The summed E-state index contributed by atoms with van der Waals surface area (Å²) >= 11 is 0. The molecular weight excluding hydrogens is 343 g/mol. The monoisotopic (exact) mass is 365 g/mol. The van der Waals surface area contributed by atoms with Crippen LogP contribution in [0.25, 0.3) is 0 Å². The van der Waals surface area contributed by atoms with Crippen molar-refractivity contribution in [2.24, 2.45) is 0 Å². The molecule has 138 valence electrons. The molecule has 4 nitrogen and oxygen atoms in total. The average Bonchev–Trinajstić information content (AvgIpc) is 3.22. The molecule has 0 fully saturated rings. The van der Waals surface area contributed by atoms with Gasteiger partial charge in [-0.1, -0.05) is 30.3 Å². The number of rotatable bonds is 5. The van der Waals surface area contributed by atoms with Crippen molar-refractivity contribution in [2.75, 3.05) is 13.1 Å². The lowest BCUT2D eigenvalue weighted by Crippen LogP contribution is -3.12. The lowest BCUT2D eigenvalue weighted by Gasteiger charge is -2.31. The topological polar surface area (TPSA) is 46.7 Å².